The van der Waals surface area contributed by atoms with E-state index >= 15 is 0 Å². The van der Waals surface area contributed by atoms with Gasteiger partial charge in [-0.2, -0.15) is 0 Å². The van der Waals surface area contributed by atoms with Crippen molar-refractivity contribution in [2.75, 3.05) is 21.2 Å². The molecule has 0 aromatic heterocycles. The standard InChI is InChI=1S/C12H17NO2.C3H8.C2H6/c1-9(12(14)13(2)3)10-5-7-11(15-4)8-6-10;1-3-2;1-2/h5-9H,1-4H3;3H2,1-2H3;1-2H3. The molecule has 1 atom stereocenters. The maximum absolute atomic E-state index is 11.7. The molecule has 0 radical (unpaired) electrons. The van der Waals surface area contributed by atoms with Crippen LogP contribution in [0.1, 0.15) is 52.5 Å². The minimum absolute atomic E-state index is 0.106. The third-order valence-corrected chi connectivity index (χ3v) is 2.43. The van der Waals surface area contributed by atoms with Crippen LogP contribution >= 0.6 is 0 Å². The minimum atomic E-state index is -0.106. The Bertz CT molecular complexity index is 345. The SMILES string of the molecule is CC.CCC.COc1ccc(C(C)C(=O)N(C)C)cc1. The topological polar surface area (TPSA) is 29.5 Å². The van der Waals surface area contributed by atoms with E-state index in [9.17, 15) is 4.79 Å². The van der Waals surface area contributed by atoms with Gasteiger partial charge in [-0.05, 0) is 24.6 Å². The van der Waals surface area contributed by atoms with Crippen LogP contribution in [0.4, 0.5) is 0 Å². The molecule has 0 bridgehead atoms. The van der Waals surface area contributed by atoms with E-state index in [0.29, 0.717) is 0 Å². The molecule has 116 valence electrons. The lowest BCUT2D eigenvalue weighted by Gasteiger charge is -2.17. The highest BCUT2D eigenvalue weighted by molar-refractivity contribution is 5.82. The van der Waals surface area contributed by atoms with E-state index in [2.05, 4.69) is 13.8 Å². The van der Waals surface area contributed by atoms with E-state index in [-0.39, 0.29) is 11.8 Å². The maximum Gasteiger partial charge on any atom is 0.229 e. The molecule has 0 N–H and O–H groups in total. The third-order valence-electron chi connectivity index (χ3n) is 2.43. The summed E-state index contributed by atoms with van der Waals surface area (Å²) in [5.41, 5.74) is 1.01. The summed E-state index contributed by atoms with van der Waals surface area (Å²) in [6, 6.07) is 7.58. The van der Waals surface area contributed by atoms with Crippen LogP contribution in [0, 0.1) is 0 Å². The van der Waals surface area contributed by atoms with Crippen molar-refractivity contribution >= 4 is 5.91 Å². The molecule has 0 fully saturated rings. The van der Waals surface area contributed by atoms with E-state index in [4.69, 9.17) is 4.74 Å². The van der Waals surface area contributed by atoms with Crippen molar-refractivity contribution in [2.24, 2.45) is 0 Å². The molecule has 0 aliphatic carbocycles. The summed E-state index contributed by atoms with van der Waals surface area (Å²) >= 11 is 0. The Labute approximate surface area is 124 Å². The molecular formula is C17H31NO2. The number of methoxy groups -OCH3 is 1. The van der Waals surface area contributed by atoms with Crippen LogP contribution in [0.15, 0.2) is 24.3 Å². The summed E-state index contributed by atoms with van der Waals surface area (Å²) in [7, 11) is 5.16. The summed E-state index contributed by atoms with van der Waals surface area (Å²) in [5.74, 6) is 0.814. The van der Waals surface area contributed by atoms with Crippen molar-refractivity contribution in [3.8, 4) is 5.75 Å². The first kappa shape index (κ1) is 20.8. The van der Waals surface area contributed by atoms with Crippen molar-refractivity contribution in [2.45, 2.75) is 47.0 Å². The molecule has 1 aromatic rings. The lowest BCUT2D eigenvalue weighted by atomic mass is 10.00. The Balaban J connectivity index is 0. The van der Waals surface area contributed by atoms with E-state index in [1.165, 1.54) is 6.42 Å². The number of likely N-dealkylation sites (N-methyl/N-ethyl adjacent to an activating group) is 1. The van der Waals surface area contributed by atoms with Crippen molar-refractivity contribution in [3.05, 3.63) is 29.8 Å². The van der Waals surface area contributed by atoms with Crippen LogP contribution in [-0.2, 0) is 4.79 Å². The van der Waals surface area contributed by atoms with Crippen LogP contribution in [0.2, 0.25) is 0 Å². The van der Waals surface area contributed by atoms with E-state index < -0.39 is 0 Å². The highest BCUT2D eigenvalue weighted by Gasteiger charge is 2.16. The Morgan fingerprint density at radius 1 is 1.15 bits per heavy atom. The van der Waals surface area contributed by atoms with Gasteiger partial charge < -0.3 is 9.64 Å². The molecular weight excluding hydrogens is 250 g/mol. The highest BCUT2D eigenvalue weighted by atomic mass is 16.5. The van der Waals surface area contributed by atoms with Crippen LogP contribution in [0.3, 0.4) is 0 Å². The smallest absolute Gasteiger partial charge is 0.229 e. The Morgan fingerprint density at radius 2 is 1.55 bits per heavy atom. The molecule has 0 spiro atoms. The fraction of sp³-hybridized carbons (Fsp3) is 0.588. The number of ether oxygens (including phenoxy) is 1. The predicted molar refractivity (Wildman–Crippen MR) is 87.4 cm³/mol. The first-order chi connectivity index (χ1) is 9.47. The number of hydrogen-bond donors (Lipinski definition) is 0. The van der Waals surface area contributed by atoms with Crippen LogP contribution in [-0.4, -0.2) is 32.0 Å². The summed E-state index contributed by atoms with van der Waals surface area (Å²) in [6.07, 6.45) is 1.25. The molecule has 1 unspecified atom stereocenters. The Hall–Kier alpha value is -1.51. The number of benzene rings is 1. The first-order valence-electron chi connectivity index (χ1n) is 7.32. The molecule has 0 aliphatic heterocycles. The van der Waals surface area contributed by atoms with Gasteiger partial charge in [0, 0.05) is 14.1 Å². The van der Waals surface area contributed by atoms with E-state index in [1.54, 1.807) is 26.1 Å². The van der Waals surface area contributed by atoms with Gasteiger partial charge in [-0.3, -0.25) is 4.79 Å². The van der Waals surface area contributed by atoms with Gasteiger partial charge >= 0.3 is 0 Å². The normalized spacial score (nSPS) is 10.2. The van der Waals surface area contributed by atoms with Gasteiger partial charge in [-0.1, -0.05) is 46.2 Å². The maximum atomic E-state index is 11.7. The molecule has 0 heterocycles. The summed E-state index contributed by atoms with van der Waals surface area (Å²) in [5, 5.41) is 0. The first-order valence-corrected chi connectivity index (χ1v) is 7.32. The van der Waals surface area contributed by atoms with Gasteiger partial charge in [0.1, 0.15) is 5.75 Å². The zero-order chi connectivity index (χ0) is 16.1. The van der Waals surface area contributed by atoms with Crippen molar-refractivity contribution < 1.29 is 9.53 Å². The van der Waals surface area contributed by atoms with Gasteiger partial charge in [0.2, 0.25) is 5.91 Å². The van der Waals surface area contributed by atoms with Crippen molar-refractivity contribution in [3.63, 3.8) is 0 Å². The van der Waals surface area contributed by atoms with Gasteiger partial charge in [-0.15, -0.1) is 0 Å². The molecule has 0 saturated carbocycles. The highest BCUT2D eigenvalue weighted by Crippen LogP contribution is 2.20. The largest absolute Gasteiger partial charge is 0.497 e. The number of amides is 1. The van der Waals surface area contributed by atoms with Gasteiger partial charge in [-0.25, -0.2) is 0 Å². The monoisotopic (exact) mass is 281 g/mol. The second-order valence-electron chi connectivity index (χ2n) is 4.43. The fourth-order valence-corrected chi connectivity index (χ4v) is 1.42. The molecule has 3 nitrogen and oxygen atoms in total. The predicted octanol–water partition coefficient (Wildman–Crippen LogP) is 4.33. The van der Waals surface area contributed by atoms with E-state index in [0.717, 1.165) is 11.3 Å². The van der Waals surface area contributed by atoms with Gasteiger partial charge in [0.05, 0.1) is 13.0 Å². The number of carbonyl (C=O) groups is 1. The molecule has 1 amide bonds. The van der Waals surface area contributed by atoms with Crippen LogP contribution < -0.4 is 4.74 Å². The van der Waals surface area contributed by atoms with Crippen molar-refractivity contribution in [1.29, 1.82) is 0 Å². The average Bonchev–Trinajstić information content (AvgIpc) is 2.48. The van der Waals surface area contributed by atoms with Crippen molar-refractivity contribution in [1.82, 2.24) is 4.90 Å². The molecule has 20 heavy (non-hydrogen) atoms. The zero-order valence-electron chi connectivity index (χ0n) is 14.4. The molecule has 1 aromatic carbocycles. The molecule has 0 aliphatic rings. The third kappa shape index (κ3) is 7.82. The molecule has 0 saturated heterocycles. The van der Waals surface area contributed by atoms with Gasteiger partial charge in [0.15, 0.2) is 0 Å². The summed E-state index contributed by atoms with van der Waals surface area (Å²) in [4.78, 5) is 13.3. The molecule has 1 rings (SSSR count). The number of hydrogen-bond acceptors (Lipinski definition) is 2. The minimum Gasteiger partial charge on any atom is -0.497 e. The Kier molecular flexibility index (Phi) is 13.0. The molecule has 3 heteroatoms. The average molecular weight is 281 g/mol. The lowest BCUT2D eigenvalue weighted by molar-refractivity contribution is -0.129. The van der Waals surface area contributed by atoms with E-state index in [1.807, 2.05) is 45.0 Å². The number of rotatable bonds is 3. The number of nitrogens with zero attached hydrogens (tertiary/aromatic N) is 1. The second-order valence-corrected chi connectivity index (χ2v) is 4.43. The number of carbonyl (C=O) groups excluding carboxylic acids is 1. The van der Waals surface area contributed by atoms with Crippen LogP contribution in [0.25, 0.3) is 0 Å². The van der Waals surface area contributed by atoms with Gasteiger partial charge in [0.25, 0.3) is 0 Å². The fourth-order valence-electron chi connectivity index (χ4n) is 1.42. The lowest BCUT2D eigenvalue weighted by Crippen LogP contribution is -2.26. The second kappa shape index (κ2) is 12.5. The zero-order valence-corrected chi connectivity index (χ0v) is 14.4. The summed E-state index contributed by atoms with van der Waals surface area (Å²) in [6.45, 7) is 10.2. The summed E-state index contributed by atoms with van der Waals surface area (Å²) < 4.78 is 5.06. The Morgan fingerprint density at radius 3 is 1.85 bits per heavy atom. The van der Waals surface area contributed by atoms with Crippen LogP contribution in [0.5, 0.6) is 5.75 Å². The quantitative estimate of drug-likeness (QED) is 0.825.